The molecule has 22 heavy (non-hydrogen) atoms. The Balaban J connectivity index is 2.15. The third kappa shape index (κ3) is 3.55. The average Bonchev–Trinajstić information content (AvgIpc) is 2.92. The lowest BCUT2D eigenvalue weighted by molar-refractivity contribution is -0.137. The van der Waals surface area contributed by atoms with Gasteiger partial charge in [0, 0.05) is 30.7 Å². The van der Waals surface area contributed by atoms with Crippen LogP contribution in [0.2, 0.25) is 0 Å². The Morgan fingerprint density at radius 2 is 1.91 bits per heavy atom. The normalized spacial score (nSPS) is 16.8. The molecule has 1 amide bonds. The van der Waals surface area contributed by atoms with Crippen LogP contribution in [0.25, 0.3) is 0 Å². The van der Waals surface area contributed by atoms with Gasteiger partial charge in [-0.25, -0.2) is 13.8 Å². The number of carbonyl (C=O) groups excluding carboxylic acids is 1. The van der Waals surface area contributed by atoms with Crippen molar-refractivity contribution in [3.05, 3.63) is 47.5 Å². The molecule has 1 atom stereocenters. The predicted molar refractivity (Wildman–Crippen MR) is 75.1 cm³/mol. The summed E-state index contributed by atoms with van der Waals surface area (Å²) >= 11 is 0. The molecule has 0 aromatic heterocycles. The van der Waals surface area contributed by atoms with Gasteiger partial charge < -0.3 is 5.11 Å². The van der Waals surface area contributed by atoms with Crippen molar-refractivity contribution >= 4 is 18.1 Å². The molecule has 1 aromatic carbocycles. The standard InChI is InChI=1S/C15H14F2N2O3/c1-9(2-3-14(20)21)15(22)19-13(4-5-18-19)10-6-11(16)8-12(17)7-10/h5-8,13H,1-4H2,(H,20,21). The largest absolute Gasteiger partial charge is 0.481 e. The summed E-state index contributed by atoms with van der Waals surface area (Å²) in [4.78, 5) is 22.8. The maximum absolute atomic E-state index is 13.3. The third-order valence-electron chi connectivity index (χ3n) is 3.25. The van der Waals surface area contributed by atoms with E-state index >= 15 is 0 Å². The summed E-state index contributed by atoms with van der Waals surface area (Å²) in [6.07, 6.45) is 1.56. The van der Waals surface area contributed by atoms with Crippen LogP contribution in [-0.2, 0) is 9.59 Å². The Bertz CT molecular complexity index is 638. The molecular weight excluding hydrogens is 294 g/mol. The van der Waals surface area contributed by atoms with E-state index < -0.39 is 29.6 Å². The van der Waals surface area contributed by atoms with Gasteiger partial charge in [0.1, 0.15) is 11.6 Å². The Kier molecular flexibility index (Phi) is 4.65. The fourth-order valence-electron chi connectivity index (χ4n) is 2.18. The molecule has 1 aliphatic heterocycles. The molecule has 0 radical (unpaired) electrons. The Morgan fingerprint density at radius 3 is 2.50 bits per heavy atom. The minimum atomic E-state index is -1.04. The summed E-state index contributed by atoms with van der Waals surface area (Å²) in [6, 6.07) is 2.40. The third-order valence-corrected chi connectivity index (χ3v) is 3.25. The van der Waals surface area contributed by atoms with Crippen LogP contribution in [0.1, 0.15) is 30.9 Å². The molecule has 0 aliphatic carbocycles. The van der Waals surface area contributed by atoms with Crippen molar-refractivity contribution in [3.8, 4) is 0 Å². The van der Waals surface area contributed by atoms with E-state index in [9.17, 15) is 18.4 Å². The molecule has 0 fully saturated rings. The maximum Gasteiger partial charge on any atom is 0.303 e. The van der Waals surface area contributed by atoms with Gasteiger partial charge >= 0.3 is 5.97 Å². The lowest BCUT2D eigenvalue weighted by atomic mass is 10.0. The number of amides is 1. The van der Waals surface area contributed by atoms with E-state index in [0.29, 0.717) is 6.42 Å². The van der Waals surface area contributed by atoms with E-state index in [2.05, 4.69) is 11.7 Å². The number of nitrogens with zero attached hydrogens (tertiary/aromatic N) is 2. The smallest absolute Gasteiger partial charge is 0.303 e. The van der Waals surface area contributed by atoms with E-state index in [4.69, 9.17) is 5.11 Å². The van der Waals surface area contributed by atoms with Crippen LogP contribution < -0.4 is 0 Å². The second-order valence-corrected chi connectivity index (χ2v) is 4.90. The van der Waals surface area contributed by atoms with Crippen molar-refractivity contribution in [2.75, 3.05) is 0 Å². The summed E-state index contributed by atoms with van der Waals surface area (Å²) in [5.41, 5.74) is 0.373. The summed E-state index contributed by atoms with van der Waals surface area (Å²) in [7, 11) is 0. The van der Waals surface area contributed by atoms with E-state index in [1.165, 1.54) is 6.21 Å². The summed E-state index contributed by atoms with van der Waals surface area (Å²) < 4.78 is 26.6. The lowest BCUT2D eigenvalue weighted by Gasteiger charge is -2.23. The summed E-state index contributed by atoms with van der Waals surface area (Å²) in [6.45, 7) is 3.56. The Labute approximate surface area is 125 Å². The van der Waals surface area contributed by atoms with Gasteiger partial charge in [0.25, 0.3) is 5.91 Å². The van der Waals surface area contributed by atoms with Crippen LogP contribution >= 0.6 is 0 Å². The van der Waals surface area contributed by atoms with Gasteiger partial charge in [-0.2, -0.15) is 5.10 Å². The summed E-state index contributed by atoms with van der Waals surface area (Å²) in [5, 5.41) is 13.6. The molecular formula is C15H14F2N2O3. The molecule has 0 saturated carbocycles. The van der Waals surface area contributed by atoms with Crippen LogP contribution in [0.15, 0.2) is 35.5 Å². The van der Waals surface area contributed by atoms with E-state index in [1.807, 2.05) is 0 Å². The molecule has 1 aromatic rings. The molecule has 0 bridgehead atoms. The van der Waals surface area contributed by atoms with Crippen LogP contribution in [-0.4, -0.2) is 28.2 Å². The highest BCUT2D eigenvalue weighted by Crippen LogP contribution is 2.30. The van der Waals surface area contributed by atoms with Crippen LogP contribution in [0.5, 0.6) is 0 Å². The van der Waals surface area contributed by atoms with E-state index in [1.54, 1.807) is 0 Å². The number of carbonyl (C=O) groups is 2. The SMILES string of the molecule is C=C(CCC(=O)O)C(=O)N1N=CCC1c1cc(F)cc(F)c1. The lowest BCUT2D eigenvalue weighted by Crippen LogP contribution is -2.28. The number of hydrogen-bond donors (Lipinski definition) is 1. The van der Waals surface area contributed by atoms with Gasteiger partial charge in [-0.05, 0) is 24.1 Å². The average molecular weight is 308 g/mol. The fraction of sp³-hybridized carbons (Fsp3) is 0.267. The van der Waals surface area contributed by atoms with Gasteiger partial charge in [0.2, 0.25) is 0 Å². The van der Waals surface area contributed by atoms with Crippen molar-refractivity contribution < 1.29 is 23.5 Å². The minimum absolute atomic E-state index is 0.00951. The fourth-order valence-corrected chi connectivity index (χ4v) is 2.18. The van der Waals surface area contributed by atoms with Crippen LogP contribution in [0.3, 0.4) is 0 Å². The van der Waals surface area contributed by atoms with Crippen molar-refractivity contribution in [1.29, 1.82) is 0 Å². The molecule has 2 rings (SSSR count). The minimum Gasteiger partial charge on any atom is -0.481 e. The number of halogens is 2. The number of hydrogen-bond acceptors (Lipinski definition) is 3. The molecule has 0 spiro atoms. The number of carboxylic acids is 1. The molecule has 7 heteroatoms. The Hall–Kier alpha value is -2.57. The monoisotopic (exact) mass is 308 g/mol. The first-order valence-corrected chi connectivity index (χ1v) is 6.60. The second kappa shape index (κ2) is 6.46. The highest BCUT2D eigenvalue weighted by Gasteiger charge is 2.30. The Morgan fingerprint density at radius 1 is 1.27 bits per heavy atom. The van der Waals surface area contributed by atoms with E-state index in [-0.39, 0.29) is 24.0 Å². The molecule has 1 heterocycles. The molecule has 5 nitrogen and oxygen atoms in total. The number of hydrazone groups is 1. The first kappa shape index (κ1) is 15.8. The highest BCUT2D eigenvalue weighted by molar-refractivity contribution is 5.94. The number of benzene rings is 1. The number of aliphatic carboxylic acids is 1. The molecule has 1 aliphatic rings. The number of rotatable bonds is 5. The predicted octanol–water partition coefficient (Wildman–Crippen LogP) is 2.65. The zero-order valence-corrected chi connectivity index (χ0v) is 11.6. The molecule has 0 saturated heterocycles. The van der Waals surface area contributed by atoms with Gasteiger partial charge in [-0.15, -0.1) is 0 Å². The van der Waals surface area contributed by atoms with Gasteiger partial charge in [0.05, 0.1) is 6.04 Å². The maximum atomic E-state index is 13.3. The molecule has 1 unspecified atom stereocenters. The summed E-state index contributed by atoms with van der Waals surface area (Å²) in [5.74, 6) is -3.06. The van der Waals surface area contributed by atoms with Gasteiger partial charge in [0.15, 0.2) is 0 Å². The van der Waals surface area contributed by atoms with Gasteiger partial charge in [-0.3, -0.25) is 9.59 Å². The van der Waals surface area contributed by atoms with Crippen molar-refractivity contribution in [2.45, 2.75) is 25.3 Å². The van der Waals surface area contributed by atoms with Crippen LogP contribution in [0.4, 0.5) is 8.78 Å². The zero-order chi connectivity index (χ0) is 16.3. The van der Waals surface area contributed by atoms with Crippen molar-refractivity contribution in [1.82, 2.24) is 5.01 Å². The second-order valence-electron chi connectivity index (χ2n) is 4.90. The first-order chi connectivity index (χ1) is 10.4. The molecule has 1 N–H and O–H groups in total. The topological polar surface area (TPSA) is 70.0 Å². The van der Waals surface area contributed by atoms with E-state index in [0.717, 1.165) is 23.2 Å². The van der Waals surface area contributed by atoms with Crippen LogP contribution in [0, 0.1) is 11.6 Å². The van der Waals surface area contributed by atoms with Gasteiger partial charge in [-0.1, -0.05) is 6.58 Å². The zero-order valence-electron chi connectivity index (χ0n) is 11.6. The quantitative estimate of drug-likeness (QED) is 0.850. The molecule has 116 valence electrons. The first-order valence-electron chi connectivity index (χ1n) is 6.60. The highest BCUT2D eigenvalue weighted by atomic mass is 19.1. The van der Waals surface area contributed by atoms with Crippen molar-refractivity contribution in [2.24, 2.45) is 5.10 Å². The number of carboxylic acid groups (broad SMARTS) is 1. The van der Waals surface area contributed by atoms with Crippen molar-refractivity contribution in [3.63, 3.8) is 0 Å².